The zero-order valence-corrected chi connectivity index (χ0v) is 13.8. The Hall–Kier alpha value is -0.860. The molecule has 1 atom stereocenters. The zero-order valence-electron chi connectivity index (χ0n) is 13.8. The summed E-state index contributed by atoms with van der Waals surface area (Å²) in [4.78, 5) is 2.35. The molecule has 1 N–H and O–H groups in total. The van der Waals surface area contributed by atoms with E-state index in [1.54, 1.807) is 0 Å². The minimum absolute atomic E-state index is 0.194. The number of aliphatic hydroxyl groups excluding tert-OH is 1. The van der Waals surface area contributed by atoms with Gasteiger partial charge in [0.2, 0.25) is 0 Å². The summed E-state index contributed by atoms with van der Waals surface area (Å²) in [5.41, 5.74) is 2.77. The second-order valence-corrected chi connectivity index (χ2v) is 6.62. The third kappa shape index (κ3) is 5.64. The molecule has 1 unspecified atom stereocenters. The van der Waals surface area contributed by atoms with Gasteiger partial charge in [-0.15, -0.1) is 0 Å². The van der Waals surface area contributed by atoms with Crippen molar-refractivity contribution in [3.63, 3.8) is 0 Å². The number of rotatable bonds is 7. The second kappa shape index (κ2) is 7.80. The van der Waals surface area contributed by atoms with Gasteiger partial charge in [-0.05, 0) is 42.5 Å². The van der Waals surface area contributed by atoms with Crippen molar-refractivity contribution < 1.29 is 5.11 Å². The number of nitrogens with zero attached hydrogens (tertiary/aromatic N) is 1. The summed E-state index contributed by atoms with van der Waals surface area (Å²) < 4.78 is 0. The van der Waals surface area contributed by atoms with Crippen LogP contribution in [0.2, 0.25) is 0 Å². The molecule has 1 aromatic rings. The first-order valence-electron chi connectivity index (χ1n) is 7.86. The van der Waals surface area contributed by atoms with E-state index in [0.29, 0.717) is 0 Å². The summed E-state index contributed by atoms with van der Waals surface area (Å²) in [7, 11) is 0. The Labute approximate surface area is 124 Å². The number of aliphatic hydroxyl groups is 1. The molecular formula is C18H31NO. The normalized spacial score (nSPS) is 13.8. The van der Waals surface area contributed by atoms with Crippen molar-refractivity contribution in [1.82, 2.24) is 4.90 Å². The molecule has 0 saturated carbocycles. The summed E-state index contributed by atoms with van der Waals surface area (Å²) in [6.07, 6.45) is 1.37. The van der Waals surface area contributed by atoms with E-state index in [1.807, 2.05) is 0 Å². The maximum absolute atomic E-state index is 10.1. The molecule has 114 valence electrons. The molecule has 1 aromatic carbocycles. The largest absolute Gasteiger partial charge is 0.393 e. The van der Waals surface area contributed by atoms with Gasteiger partial charge in [-0.3, -0.25) is 0 Å². The molecule has 0 aromatic heterocycles. The Kier molecular flexibility index (Phi) is 6.70. The Morgan fingerprint density at radius 3 is 2.05 bits per heavy atom. The molecule has 0 bridgehead atoms. The Morgan fingerprint density at radius 2 is 1.60 bits per heavy atom. The molecule has 2 nitrogen and oxygen atoms in total. The van der Waals surface area contributed by atoms with Gasteiger partial charge < -0.3 is 10.0 Å². The standard InChI is InChI=1S/C18H31NO/c1-6-19(7-2)13-12-17(20)14-15-8-10-16(11-9-15)18(3,4)5/h8-11,17,20H,6-7,12-14H2,1-5H3. The fourth-order valence-corrected chi connectivity index (χ4v) is 2.39. The van der Waals surface area contributed by atoms with Crippen molar-refractivity contribution in [2.24, 2.45) is 0 Å². The van der Waals surface area contributed by atoms with Gasteiger partial charge in [-0.25, -0.2) is 0 Å². The van der Waals surface area contributed by atoms with Crippen LogP contribution >= 0.6 is 0 Å². The second-order valence-electron chi connectivity index (χ2n) is 6.62. The van der Waals surface area contributed by atoms with E-state index >= 15 is 0 Å². The molecule has 0 amide bonds. The first-order chi connectivity index (χ1) is 9.36. The molecule has 0 fully saturated rings. The van der Waals surface area contributed by atoms with E-state index in [-0.39, 0.29) is 11.5 Å². The summed E-state index contributed by atoms with van der Waals surface area (Å²) >= 11 is 0. The molecule has 20 heavy (non-hydrogen) atoms. The van der Waals surface area contributed by atoms with Gasteiger partial charge in [0.1, 0.15) is 0 Å². The molecular weight excluding hydrogens is 246 g/mol. The van der Waals surface area contributed by atoms with Gasteiger partial charge >= 0.3 is 0 Å². The molecule has 1 rings (SSSR count). The van der Waals surface area contributed by atoms with Gasteiger partial charge in [-0.1, -0.05) is 58.9 Å². The van der Waals surface area contributed by atoms with Gasteiger partial charge in [0.05, 0.1) is 6.10 Å². The smallest absolute Gasteiger partial charge is 0.0592 e. The van der Waals surface area contributed by atoms with Gasteiger partial charge in [-0.2, -0.15) is 0 Å². The molecule has 0 radical (unpaired) electrons. The van der Waals surface area contributed by atoms with Gasteiger partial charge in [0.15, 0.2) is 0 Å². The van der Waals surface area contributed by atoms with Crippen molar-refractivity contribution in [2.75, 3.05) is 19.6 Å². The molecule has 0 spiro atoms. The third-order valence-electron chi connectivity index (χ3n) is 3.96. The Morgan fingerprint density at radius 1 is 1.05 bits per heavy atom. The molecule has 0 heterocycles. The van der Waals surface area contributed by atoms with E-state index in [1.165, 1.54) is 11.1 Å². The van der Waals surface area contributed by atoms with Crippen LogP contribution in [0, 0.1) is 0 Å². The maximum atomic E-state index is 10.1. The molecule has 0 saturated heterocycles. The third-order valence-corrected chi connectivity index (χ3v) is 3.96. The average Bonchev–Trinajstić information content (AvgIpc) is 2.39. The van der Waals surface area contributed by atoms with Crippen LogP contribution in [-0.2, 0) is 11.8 Å². The highest BCUT2D eigenvalue weighted by Gasteiger charge is 2.13. The van der Waals surface area contributed by atoms with Crippen LogP contribution in [0.5, 0.6) is 0 Å². The van der Waals surface area contributed by atoms with Crippen molar-refractivity contribution in [1.29, 1.82) is 0 Å². The predicted molar refractivity (Wildman–Crippen MR) is 87.3 cm³/mol. The molecule has 0 aliphatic rings. The summed E-state index contributed by atoms with van der Waals surface area (Å²) in [6, 6.07) is 8.68. The first-order valence-corrected chi connectivity index (χ1v) is 7.86. The van der Waals surface area contributed by atoms with Crippen LogP contribution in [0.25, 0.3) is 0 Å². The monoisotopic (exact) mass is 277 g/mol. The molecule has 0 aliphatic heterocycles. The minimum atomic E-state index is -0.240. The summed E-state index contributed by atoms with van der Waals surface area (Å²) in [6.45, 7) is 14.1. The van der Waals surface area contributed by atoms with Crippen molar-refractivity contribution >= 4 is 0 Å². The summed E-state index contributed by atoms with van der Waals surface area (Å²) in [5.74, 6) is 0. The van der Waals surface area contributed by atoms with E-state index in [4.69, 9.17) is 0 Å². The van der Waals surface area contributed by atoms with E-state index in [0.717, 1.165) is 32.5 Å². The molecule has 0 aliphatic carbocycles. The average molecular weight is 277 g/mol. The van der Waals surface area contributed by atoms with E-state index < -0.39 is 0 Å². The van der Waals surface area contributed by atoms with Crippen LogP contribution in [0.15, 0.2) is 24.3 Å². The molecule has 2 heteroatoms. The van der Waals surface area contributed by atoms with Gasteiger partial charge in [0, 0.05) is 6.54 Å². The Balaban J connectivity index is 2.48. The quantitative estimate of drug-likeness (QED) is 0.823. The maximum Gasteiger partial charge on any atom is 0.0592 e. The zero-order chi connectivity index (χ0) is 15.2. The first kappa shape index (κ1) is 17.2. The van der Waals surface area contributed by atoms with Crippen molar-refractivity contribution in [3.05, 3.63) is 35.4 Å². The van der Waals surface area contributed by atoms with Crippen molar-refractivity contribution in [3.8, 4) is 0 Å². The lowest BCUT2D eigenvalue weighted by molar-refractivity contribution is 0.143. The number of hydrogen-bond acceptors (Lipinski definition) is 2. The SMILES string of the molecule is CCN(CC)CCC(O)Cc1ccc(C(C)(C)C)cc1. The van der Waals surface area contributed by atoms with E-state index in [2.05, 4.69) is 63.8 Å². The lowest BCUT2D eigenvalue weighted by Crippen LogP contribution is -2.27. The fourth-order valence-electron chi connectivity index (χ4n) is 2.39. The van der Waals surface area contributed by atoms with Crippen LogP contribution in [-0.4, -0.2) is 35.7 Å². The lowest BCUT2D eigenvalue weighted by atomic mass is 9.86. The minimum Gasteiger partial charge on any atom is -0.393 e. The van der Waals surface area contributed by atoms with Crippen LogP contribution in [0.1, 0.15) is 52.2 Å². The predicted octanol–water partition coefficient (Wildman–Crippen LogP) is 3.62. The highest BCUT2D eigenvalue weighted by atomic mass is 16.3. The van der Waals surface area contributed by atoms with Crippen LogP contribution in [0.4, 0.5) is 0 Å². The highest BCUT2D eigenvalue weighted by Crippen LogP contribution is 2.22. The fraction of sp³-hybridized carbons (Fsp3) is 0.667. The highest BCUT2D eigenvalue weighted by molar-refractivity contribution is 5.27. The number of hydrogen-bond donors (Lipinski definition) is 1. The van der Waals surface area contributed by atoms with Crippen LogP contribution in [0.3, 0.4) is 0 Å². The van der Waals surface area contributed by atoms with E-state index in [9.17, 15) is 5.11 Å². The van der Waals surface area contributed by atoms with Crippen LogP contribution < -0.4 is 0 Å². The van der Waals surface area contributed by atoms with Crippen molar-refractivity contribution in [2.45, 2.75) is 59.0 Å². The van der Waals surface area contributed by atoms with Gasteiger partial charge in [0.25, 0.3) is 0 Å². The Bertz CT molecular complexity index is 373. The number of benzene rings is 1. The topological polar surface area (TPSA) is 23.5 Å². The lowest BCUT2D eigenvalue weighted by Gasteiger charge is -2.21. The summed E-state index contributed by atoms with van der Waals surface area (Å²) in [5, 5.41) is 10.1.